The van der Waals surface area contributed by atoms with Crippen molar-refractivity contribution in [3.8, 4) is 0 Å². The zero-order valence-electron chi connectivity index (χ0n) is 10.2. The van der Waals surface area contributed by atoms with E-state index in [0.717, 1.165) is 19.5 Å². The van der Waals surface area contributed by atoms with Crippen LogP contribution in [0.3, 0.4) is 0 Å². The van der Waals surface area contributed by atoms with Crippen LogP contribution in [0.1, 0.15) is 46.5 Å². The topological polar surface area (TPSA) is 29.5 Å². The van der Waals surface area contributed by atoms with Crippen molar-refractivity contribution in [1.82, 2.24) is 4.90 Å². The molecule has 88 valence electrons. The molecule has 1 heterocycles. The average Bonchev–Trinajstić information content (AvgIpc) is 2.17. The molecule has 0 amide bonds. The zero-order valence-corrected chi connectivity index (χ0v) is 10.2. The van der Waals surface area contributed by atoms with Gasteiger partial charge in [0.1, 0.15) is 0 Å². The Morgan fingerprint density at radius 2 is 2.20 bits per heavy atom. The van der Waals surface area contributed by atoms with Crippen LogP contribution in [0.25, 0.3) is 0 Å². The zero-order chi connectivity index (χ0) is 11.3. The number of carbonyl (C=O) groups excluding carboxylic acids is 1. The fourth-order valence-corrected chi connectivity index (χ4v) is 2.21. The van der Waals surface area contributed by atoms with Gasteiger partial charge in [-0.3, -0.25) is 4.79 Å². The van der Waals surface area contributed by atoms with Crippen LogP contribution in [-0.4, -0.2) is 36.1 Å². The molecule has 1 saturated heterocycles. The molecule has 1 atom stereocenters. The van der Waals surface area contributed by atoms with Gasteiger partial charge in [-0.15, -0.1) is 0 Å². The van der Waals surface area contributed by atoms with Crippen LogP contribution in [-0.2, 0) is 9.53 Å². The van der Waals surface area contributed by atoms with Gasteiger partial charge in [-0.05, 0) is 39.8 Å². The maximum atomic E-state index is 11.5. The Morgan fingerprint density at radius 3 is 2.80 bits per heavy atom. The predicted molar refractivity (Wildman–Crippen MR) is 60.7 cm³/mol. The molecule has 0 saturated carbocycles. The van der Waals surface area contributed by atoms with E-state index in [1.165, 1.54) is 12.8 Å². The molecule has 1 aliphatic heterocycles. The molecule has 1 aliphatic rings. The highest BCUT2D eigenvalue weighted by Crippen LogP contribution is 2.19. The van der Waals surface area contributed by atoms with Crippen molar-refractivity contribution in [1.29, 1.82) is 0 Å². The quantitative estimate of drug-likeness (QED) is 0.670. The number of ether oxygens (including phenoxy) is 1. The van der Waals surface area contributed by atoms with E-state index in [1.54, 1.807) is 0 Å². The average molecular weight is 213 g/mol. The normalized spacial score (nSPS) is 23.1. The van der Waals surface area contributed by atoms with Crippen LogP contribution in [0.5, 0.6) is 0 Å². The molecular formula is C12H23NO2. The lowest BCUT2D eigenvalue weighted by molar-refractivity contribution is -0.149. The van der Waals surface area contributed by atoms with Gasteiger partial charge in [-0.25, -0.2) is 0 Å². The summed E-state index contributed by atoms with van der Waals surface area (Å²) in [5.74, 6) is -0.0460. The third-order valence-electron chi connectivity index (χ3n) is 2.92. The van der Waals surface area contributed by atoms with E-state index < -0.39 is 0 Å². The highest BCUT2D eigenvalue weighted by Gasteiger charge is 2.24. The largest absolute Gasteiger partial charge is 0.463 e. The molecule has 0 spiro atoms. The second kappa shape index (κ2) is 6.11. The Labute approximate surface area is 92.8 Å². The molecule has 0 N–H and O–H groups in total. The first-order chi connectivity index (χ1) is 7.13. The van der Waals surface area contributed by atoms with Crippen molar-refractivity contribution < 1.29 is 9.53 Å². The van der Waals surface area contributed by atoms with Crippen molar-refractivity contribution in [3.05, 3.63) is 0 Å². The Bertz CT molecular complexity index is 204. The molecule has 0 aromatic heterocycles. The molecule has 0 radical (unpaired) electrons. The molecule has 3 nitrogen and oxygen atoms in total. The first-order valence-corrected chi connectivity index (χ1v) is 6.07. The van der Waals surface area contributed by atoms with Gasteiger partial charge in [-0.2, -0.15) is 0 Å². The van der Waals surface area contributed by atoms with Crippen molar-refractivity contribution in [3.63, 3.8) is 0 Å². The first kappa shape index (κ1) is 12.5. The number of carbonyl (C=O) groups is 1. The van der Waals surface area contributed by atoms with E-state index >= 15 is 0 Å². The molecule has 1 rings (SSSR count). The predicted octanol–water partition coefficient (Wildman–Crippen LogP) is 2.20. The molecule has 1 unspecified atom stereocenters. The molecular weight excluding hydrogens is 190 g/mol. The van der Waals surface area contributed by atoms with Crippen molar-refractivity contribution in [2.45, 2.75) is 58.6 Å². The van der Waals surface area contributed by atoms with Crippen LogP contribution >= 0.6 is 0 Å². The van der Waals surface area contributed by atoms with E-state index in [9.17, 15) is 4.79 Å². The summed E-state index contributed by atoms with van der Waals surface area (Å²) in [7, 11) is 0. The molecule has 0 aliphatic carbocycles. The van der Waals surface area contributed by atoms with Gasteiger partial charge in [0.05, 0.1) is 12.5 Å². The van der Waals surface area contributed by atoms with Crippen LogP contribution in [0.4, 0.5) is 0 Å². The van der Waals surface area contributed by atoms with Gasteiger partial charge in [0.2, 0.25) is 0 Å². The maximum Gasteiger partial charge on any atom is 0.307 e. The lowest BCUT2D eigenvalue weighted by Gasteiger charge is -2.34. The van der Waals surface area contributed by atoms with Crippen LogP contribution in [0.15, 0.2) is 0 Å². The second-order valence-electron chi connectivity index (χ2n) is 4.52. The summed E-state index contributed by atoms with van der Waals surface area (Å²) >= 11 is 0. The molecule has 0 aromatic rings. The summed E-state index contributed by atoms with van der Waals surface area (Å²) in [6.45, 7) is 8.13. The standard InChI is InChI=1S/C12H23NO2/c1-4-13-8-6-5-7-11(13)9-12(14)15-10(2)3/h10-11H,4-9H2,1-3H3. The highest BCUT2D eigenvalue weighted by molar-refractivity contribution is 5.70. The van der Waals surface area contributed by atoms with Gasteiger partial charge >= 0.3 is 5.97 Å². The lowest BCUT2D eigenvalue weighted by Crippen LogP contribution is -2.41. The molecule has 0 aromatic carbocycles. The van der Waals surface area contributed by atoms with E-state index in [2.05, 4.69) is 11.8 Å². The van der Waals surface area contributed by atoms with Crippen LogP contribution < -0.4 is 0 Å². The van der Waals surface area contributed by atoms with Gasteiger partial charge in [-0.1, -0.05) is 13.3 Å². The van der Waals surface area contributed by atoms with Crippen molar-refractivity contribution in [2.75, 3.05) is 13.1 Å². The third kappa shape index (κ3) is 4.20. The van der Waals surface area contributed by atoms with Gasteiger partial charge in [0.15, 0.2) is 0 Å². The van der Waals surface area contributed by atoms with Crippen molar-refractivity contribution >= 4 is 5.97 Å². The van der Waals surface area contributed by atoms with E-state index in [4.69, 9.17) is 4.74 Å². The lowest BCUT2D eigenvalue weighted by atomic mass is 9.99. The minimum Gasteiger partial charge on any atom is -0.463 e. The SMILES string of the molecule is CCN1CCCCC1CC(=O)OC(C)C. The molecule has 1 fully saturated rings. The number of esters is 1. The van der Waals surface area contributed by atoms with Crippen molar-refractivity contribution in [2.24, 2.45) is 0 Å². The number of hydrogen-bond acceptors (Lipinski definition) is 3. The highest BCUT2D eigenvalue weighted by atomic mass is 16.5. The number of piperidine rings is 1. The Balaban J connectivity index is 2.37. The molecule has 0 bridgehead atoms. The Morgan fingerprint density at radius 1 is 1.47 bits per heavy atom. The second-order valence-corrected chi connectivity index (χ2v) is 4.52. The number of likely N-dealkylation sites (tertiary alicyclic amines) is 1. The fourth-order valence-electron chi connectivity index (χ4n) is 2.21. The van der Waals surface area contributed by atoms with E-state index in [0.29, 0.717) is 12.5 Å². The van der Waals surface area contributed by atoms with Crippen LogP contribution in [0.2, 0.25) is 0 Å². The number of rotatable bonds is 4. The van der Waals surface area contributed by atoms with Crippen LogP contribution in [0, 0.1) is 0 Å². The summed E-state index contributed by atoms with van der Waals surface area (Å²) in [5.41, 5.74) is 0. The van der Waals surface area contributed by atoms with Gasteiger partial charge in [0.25, 0.3) is 0 Å². The van der Waals surface area contributed by atoms with Gasteiger partial charge < -0.3 is 9.64 Å². The maximum absolute atomic E-state index is 11.5. The fraction of sp³-hybridized carbons (Fsp3) is 0.917. The minimum absolute atomic E-state index is 0.0103. The van der Waals surface area contributed by atoms with Gasteiger partial charge in [0, 0.05) is 6.04 Å². The number of nitrogens with zero attached hydrogens (tertiary/aromatic N) is 1. The van der Waals surface area contributed by atoms with E-state index in [1.807, 2.05) is 13.8 Å². The summed E-state index contributed by atoms with van der Waals surface area (Å²) in [4.78, 5) is 13.9. The summed E-state index contributed by atoms with van der Waals surface area (Å²) in [5, 5.41) is 0. The van der Waals surface area contributed by atoms with E-state index in [-0.39, 0.29) is 12.1 Å². The summed E-state index contributed by atoms with van der Waals surface area (Å²) < 4.78 is 5.18. The Kier molecular flexibility index (Phi) is 5.09. The smallest absolute Gasteiger partial charge is 0.307 e. The Hall–Kier alpha value is -0.570. The number of hydrogen-bond donors (Lipinski definition) is 0. The first-order valence-electron chi connectivity index (χ1n) is 6.07. The molecule has 15 heavy (non-hydrogen) atoms. The monoisotopic (exact) mass is 213 g/mol. The minimum atomic E-state index is -0.0460. The summed E-state index contributed by atoms with van der Waals surface area (Å²) in [6, 6.07) is 0.412. The molecule has 3 heteroatoms. The third-order valence-corrected chi connectivity index (χ3v) is 2.92. The summed E-state index contributed by atoms with van der Waals surface area (Å²) in [6.07, 6.45) is 4.23.